The molecule has 3 aromatic rings. The van der Waals surface area contributed by atoms with Gasteiger partial charge in [-0.25, -0.2) is 4.98 Å². The van der Waals surface area contributed by atoms with E-state index in [2.05, 4.69) is 47.7 Å². The van der Waals surface area contributed by atoms with Crippen molar-refractivity contribution < 1.29 is 0 Å². The minimum atomic E-state index is 0.431. The van der Waals surface area contributed by atoms with Crippen LogP contribution in [0.2, 0.25) is 0 Å². The zero-order valence-electron chi connectivity index (χ0n) is 12.1. The Balaban J connectivity index is 1.94. The second-order valence-electron chi connectivity index (χ2n) is 5.36. The van der Waals surface area contributed by atoms with Gasteiger partial charge in [0.05, 0.1) is 17.4 Å². The predicted molar refractivity (Wildman–Crippen MR) is 90.6 cm³/mol. The predicted octanol–water partition coefficient (Wildman–Crippen LogP) is 3.34. The Kier molecular flexibility index (Phi) is 3.47. The highest BCUT2D eigenvalue weighted by Gasteiger charge is 2.06. The van der Waals surface area contributed by atoms with E-state index in [0.717, 1.165) is 23.1 Å². The van der Waals surface area contributed by atoms with Crippen LogP contribution in [0, 0.1) is 13.8 Å². The van der Waals surface area contributed by atoms with E-state index >= 15 is 0 Å². The molecule has 0 saturated heterocycles. The highest BCUT2D eigenvalue weighted by atomic mass is 32.1. The van der Waals surface area contributed by atoms with Crippen molar-refractivity contribution in [1.82, 2.24) is 9.55 Å². The van der Waals surface area contributed by atoms with Crippen molar-refractivity contribution in [3.63, 3.8) is 0 Å². The smallest absolute Gasteiger partial charge is 0.103 e. The van der Waals surface area contributed by atoms with Gasteiger partial charge in [-0.2, -0.15) is 0 Å². The molecule has 3 nitrogen and oxygen atoms in total. The molecule has 0 atom stereocenters. The number of fused-ring (bicyclic) bond motifs is 1. The minimum Gasteiger partial charge on any atom is -0.389 e. The molecule has 0 aliphatic heterocycles. The third-order valence-corrected chi connectivity index (χ3v) is 4.06. The van der Waals surface area contributed by atoms with E-state index in [1.807, 2.05) is 18.5 Å². The zero-order valence-corrected chi connectivity index (χ0v) is 12.9. The van der Waals surface area contributed by atoms with Crippen molar-refractivity contribution in [2.75, 3.05) is 0 Å². The second kappa shape index (κ2) is 5.30. The summed E-state index contributed by atoms with van der Waals surface area (Å²) in [5, 5.41) is 0. The van der Waals surface area contributed by atoms with Crippen LogP contribution in [0.3, 0.4) is 0 Å². The maximum atomic E-state index is 5.62. The third kappa shape index (κ3) is 2.67. The Bertz CT molecular complexity index is 816. The fourth-order valence-corrected chi connectivity index (χ4v) is 2.55. The van der Waals surface area contributed by atoms with Crippen molar-refractivity contribution >= 4 is 28.2 Å². The van der Waals surface area contributed by atoms with Gasteiger partial charge in [0.25, 0.3) is 0 Å². The van der Waals surface area contributed by atoms with Gasteiger partial charge in [-0.3, -0.25) is 0 Å². The number of rotatable bonds is 3. The Morgan fingerprint density at radius 2 is 1.81 bits per heavy atom. The van der Waals surface area contributed by atoms with Crippen LogP contribution in [-0.2, 0) is 6.54 Å². The van der Waals surface area contributed by atoms with Crippen molar-refractivity contribution in [1.29, 1.82) is 0 Å². The number of benzene rings is 2. The molecule has 0 saturated carbocycles. The first-order valence-electron chi connectivity index (χ1n) is 6.85. The molecule has 1 heterocycles. The molecule has 0 bridgehead atoms. The summed E-state index contributed by atoms with van der Waals surface area (Å²) in [7, 11) is 0. The largest absolute Gasteiger partial charge is 0.389 e. The average Bonchev–Trinajstić information content (AvgIpc) is 2.82. The average molecular weight is 295 g/mol. The van der Waals surface area contributed by atoms with Crippen LogP contribution < -0.4 is 5.73 Å². The van der Waals surface area contributed by atoms with E-state index in [-0.39, 0.29) is 0 Å². The zero-order chi connectivity index (χ0) is 15.0. The highest BCUT2D eigenvalue weighted by Crippen LogP contribution is 2.19. The van der Waals surface area contributed by atoms with Crippen molar-refractivity contribution in [3.05, 3.63) is 65.0 Å². The lowest BCUT2D eigenvalue weighted by Gasteiger charge is -2.07. The fraction of sp³-hybridized carbons (Fsp3) is 0.176. The molecule has 0 amide bonds. The first-order chi connectivity index (χ1) is 10.0. The third-order valence-electron chi connectivity index (χ3n) is 3.83. The molecule has 0 spiro atoms. The number of hydrogen-bond donors (Lipinski definition) is 1. The number of hydrogen-bond acceptors (Lipinski definition) is 2. The second-order valence-corrected chi connectivity index (χ2v) is 5.80. The Labute approximate surface area is 129 Å². The van der Waals surface area contributed by atoms with Gasteiger partial charge < -0.3 is 10.3 Å². The van der Waals surface area contributed by atoms with Gasteiger partial charge in [0, 0.05) is 12.1 Å². The lowest BCUT2D eigenvalue weighted by molar-refractivity contribution is 0.824. The first kappa shape index (κ1) is 13.8. The summed E-state index contributed by atoms with van der Waals surface area (Å²) < 4.78 is 2.16. The molecular formula is C17H17N3S. The summed E-state index contributed by atoms with van der Waals surface area (Å²) in [4.78, 5) is 4.92. The fourth-order valence-electron chi connectivity index (χ4n) is 2.41. The van der Waals surface area contributed by atoms with Crippen LogP contribution in [0.15, 0.2) is 42.7 Å². The van der Waals surface area contributed by atoms with Crippen LogP contribution in [0.5, 0.6) is 0 Å². The maximum Gasteiger partial charge on any atom is 0.103 e. The van der Waals surface area contributed by atoms with E-state index in [0.29, 0.717) is 4.99 Å². The van der Waals surface area contributed by atoms with Crippen LogP contribution in [0.25, 0.3) is 11.0 Å². The van der Waals surface area contributed by atoms with Crippen LogP contribution in [0.4, 0.5) is 0 Å². The number of nitrogens with zero attached hydrogens (tertiary/aromatic N) is 2. The molecule has 0 unspecified atom stereocenters. The van der Waals surface area contributed by atoms with Crippen molar-refractivity contribution in [2.24, 2.45) is 5.73 Å². The molecule has 21 heavy (non-hydrogen) atoms. The van der Waals surface area contributed by atoms with Gasteiger partial charge in [0.2, 0.25) is 0 Å². The van der Waals surface area contributed by atoms with Gasteiger partial charge in [-0.05, 0) is 42.7 Å². The van der Waals surface area contributed by atoms with Gasteiger partial charge in [0.1, 0.15) is 4.99 Å². The van der Waals surface area contributed by atoms with Crippen LogP contribution >= 0.6 is 12.2 Å². The summed E-state index contributed by atoms with van der Waals surface area (Å²) >= 11 is 4.97. The Morgan fingerprint density at radius 1 is 1.14 bits per heavy atom. The molecule has 2 N–H and O–H groups in total. The topological polar surface area (TPSA) is 43.8 Å². The standard InChI is InChI=1S/C17H17N3S/c1-11-7-15-16(8-12(11)2)20(10-19-15)9-13-3-5-14(6-4-13)17(18)21/h3-8,10H,9H2,1-2H3,(H2,18,21). The lowest BCUT2D eigenvalue weighted by atomic mass is 10.1. The van der Waals surface area contributed by atoms with Gasteiger partial charge >= 0.3 is 0 Å². The molecular weight excluding hydrogens is 278 g/mol. The highest BCUT2D eigenvalue weighted by molar-refractivity contribution is 7.80. The van der Waals surface area contributed by atoms with E-state index in [4.69, 9.17) is 18.0 Å². The molecule has 0 radical (unpaired) electrons. The first-order valence-corrected chi connectivity index (χ1v) is 7.26. The van der Waals surface area contributed by atoms with E-state index < -0.39 is 0 Å². The minimum absolute atomic E-state index is 0.431. The number of aryl methyl sites for hydroxylation is 2. The summed E-state index contributed by atoms with van der Waals surface area (Å²) in [5.41, 5.74) is 12.5. The van der Waals surface area contributed by atoms with Gasteiger partial charge in [0.15, 0.2) is 0 Å². The SMILES string of the molecule is Cc1cc2ncn(Cc3ccc(C(N)=S)cc3)c2cc1C. The lowest BCUT2D eigenvalue weighted by Crippen LogP contribution is -2.09. The summed E-state index contributed by atoms with van der Waals surface area (Å²) in [6, 6.07) is 12.4. The van der Waals surface area contributed by atoms with Gasteiger partial charge in [-0.1, -0.05) is 36.5 Å². The Hall–Kier alpha value is -2.20. The van der Waals surface area contributed by atoms with E-state index in [9.17, 15) is 0 Å². The molecule has 1 aromatic heterocycles. The summed E-state index contributed by atoms with van der Waals surface area (Å²) in [6.45, 7) is 5.03. The summed E-state index contributed by atoms with van der Waals surface area (Å²) in [6.07, 6.45) is 1.89. The maximum absolute atomic E-state index is 5.62. The van der Waals surface area contributed by atoms with E-state index in [1.54, 1.807) is 0 Å². The molecule has 3 rings (SSSR count). The summed E-state index contributed by atoms with van der Waals surface area (Å²) in [5.74, 6) is 0. The van der Waals surface area contributed by atoms with Gasteiger partial charge in [-0.15, -0.1) is 0 Å². The normalized spacial score (nSPS) is 11.0. The molecule has 106 valence electrons. The molecule has 2 aromatic carbocycles. The molecule has 4 heteroatoms. The number of imidazole rings is 1. The van der Waals surface area contributed by atoms with Crippen LogP contribution in [0.1, 0.15) is 22.3 Å². The quantitative estimate of drug-likeness (QED) is 0.754. The monoisotopic (exact) mass is 295 g/mol. The molecule has 0 fully saturated rings. The molecule has 0 aliphatic rings. The van der Waals surface area contributed by atoms with Crippen molar-refractivity contribution in [2.45, 2.75) is 20.4 Å². The number of nitrogens with two attached hydrogens (primary N) is 1. The van der Waals surface area contributed by atoms with Crippen LogP contribution in [-0.4, -0.2) is 14.5 Å². The van der Waals surface area contributed by atoms with E-state index in [1.165, 1.54) is 16.7 Å². The molecule has 0 aliphatic carbocycles. The Morgan fingerprint density at radius 3 is 2.48 bits per heavy atom. The number of thiocarbonyl (C=S) groups is 1. The number of aromatic nitrogens is 2. The van der Waals surface area contributed by atoms with Crippen molar-refractivity contribution in [3.8, 4) is 0 Å².